The average molecular weight is 213 g/mol. The maximum Gasteiger partial charge on any atom is 0.339 e. The number of benzene rings is 1. The molecule has 0 saturated heterocycles. The predicted molar refractivity (Wildman–Crippen MR) is 56.6 cm³/mol. The van der Waals surface area contributed by atoms with Gasteiger partial charge in [-0.05, 0) is 31.0 Å². The van der Waals surface area contributed by atoms with Gasteiger partial charge in [0.15, 0.2) is 5.56 Å². The molecule has 0 fully saturated rings. The lowest BCUT2D eigenvalue weighted by Gasteiger charge is -2.06. The van der Waals surface area contributed by atoms with Crippen molar-refractivity contribution in [1.82, 2.24) is 0 Å². The van der Waals surface area contributed by atoms with Crippen molar-refractivity contribution in [2.75, 3.05) is 0 Å². The van der Waals surface area contributed by atoms with E-state index in [4.69, 9.17) is 16.3 Å². The Hall–Kier alpha value is -1.02. The summed E-state index contributed by atoms with van der Waals surface area (Å²) in [5.74, 6) is -0.372. The van der Waals surface area contributed by atoms with Gasteiger partial charge in [-0.15, -0.1) is 0 Å². The summed E-state index contributed by atoms with van der Waals surface area (Å²) < 4.78 is 4.86. The second kappa shape index (κ2) is 5.01. The highest BCUT2D eigenvalue weighted by Crippen LogP contribution is 2.09. The van der Waals surface area contributed by atoms with Gasteiger partial charge in [0, 0.05) is 0 Å². The number of hydrogen-bond acceptors (Lipinski definition) is 2. The summed E-state index contributed by atoms with van der Waals surface area (Å²) in [5, 5.41) is 0. The summed E-state index contributed by atoms with van der Waals surface area (Å²) in [6.07, 6.45) is 0.900. The Labute approximate surface area is 88.8 Å². The topological polar surface area (TPSA) is 26.3 Å². The Balaban J connectivity index is 2.79. The van der Waals surface area contributed by atoms with Crippen LogP contribution in [0, 0.1) is 0 Å². The van der Waals surface area contributed by atoms with Crippen molar-refractivity contribution in [3.8, 4) is 0 Å². The molecule has 0 radical (unpaired) electrons. The Morgan fingerprint density at radius 1 is 1.57 bits per heavy atom. The minimum atomic E-state index is -0.590. The van der Waals surface area contributed by atoms with Gasteiger partial charge in [0.2, 0.25) is 0 Å². The van der Waals surface area contributed by atoms with Gasteiger partial charge in [0.1, 0.15) is 0 Å². The molecule has 0 aromatic heterocycles. The Morgan fingerprint density at radius 2 is 2.29 bits per heavy atom. The van der Waals surface area contributed by atoms with E-state index in [9.17, 15) is 4.79 Å². The van der Waals surface area contributed by atoms with E-state index in [1.54, 1.807) is 13.0 Å². The molecule has 76 valence electrons. The third-order valence-corrected chi connectivity index (χ3v) is 1.93. The quantitative estimate of drug-likeness (QED) is 0.569. The highest BCUT2D eigenvalue weighted by Gasteiger charge is 2.09. The number of aryl methyl sites for hydroxylation is 1. The van der Waals surface area contributed by atoms with Crippen LogP contribution >= 0.6 is 11.6 Å². The van der Waals surface area contributed by atoms with Crippen molar-refractivity contribution < 1.29 is 9.53 Å². The second-order valence-electron chi connectivity index (χ2n) is 3.00. The SMILES string of the molecule is CCc1cccc(C(=O)OC(C)Cl)c1. The molecule has 2 nitrogen and oxygen atoms in total. The van der Waals surface area contributed by atoms with Crippen LogP contribution in [0.5, 0.6) is 0 Å². The van der Waals surface area contributed by atoms with Crippen LogP contribution in [0.25, 0.3) is 0 Å². The number of alkyl halides is 1. The van der Waals surface area contributed by atoms with Crippen molar-refractivity contribution in [2.24, 2.45) is 0 Å². The average Bonchev–Trinajstić information content (AvgIpc) is 2.17. The van der Waals surface area contributed by atoms with Gasteiger partial charge < -0.3 is 4.74 Å². The van der Waals surface area contributed by atoms with E-state index in [1.165, 1.54) is 0 Å². The lowest BCUT2D eigenvalue weighted by molar-refractivity contribution is 0.0472. The van der Waals surface area contributed by atoms with Gasteiger partial charge in [-0.3, -0.25) is 0 Å². The van der Waals surface area contributed by atoms with Crippen molar-refractivity contribution in [1.29, 1.82) is 0 Å². The molecule has 1 rings (SSSR count). The zero-order chi connectivity index (χ0) is 10.6. The molecule has 0 aliphatic carbocycles. The Kier molecular flexibility index (Phi) is 3.96. The number of esters is 1. The van der Waals surface area contributed by atoms with Crippen molar-refractivity contribution in [3.63, 3.8) is 0 Å². The molecule has 14 heavy (non-hydrogen) atoms. The summed E-state index contributed by atoms with van der Waals surface area (Å²) in [5.41, 5.74) is 1.08. The van der Waals surface area contributed by atoms with E-state index in [0.717, 1.165) is 12.0 Å². The first kappa shape index (κ1) is 11.1. The van der Waals surface area contributed by atoms with Crippen LogP contribution in [0.15, 0.2) is 24.3 Å². The normalized spacial score (nSPS) is 12.2. The number of hydrogen-bond donors (Lipinski definition) is 0. The highest BCUT2D eigenvalue weighted by molar-refractivity contribution is 6.20. The standard InChI is InChI=1S/C11H13ClO2/c1-3-9-5-4-6-10(7-9)11(13)14-8(2)12/h4-8H,3H2,1-2H3. The number of halogens is 1. The van der Waals surface area contributed by atoms with Crippen LogP contribution in [-0.2, 0) is 11.2 Å². The van der Waals surface area contributed by atoms with Crippen LogP contribution in [0.4, 0.5) is 0 Å². The smallest absolute Gasteiger partial charge is 0.339 e. The van der Waals surface area contributed by atoms with Crippen molar-refractivity contribution in [2.45, 2.75) is 25.8 Å². The number of rotatable bonds is 3. The molecule has 0 amide bonds. The minimum Gasteiger partial charge on any atom is -0.443 e. The highest BCUT2D eigenvalue weighted by atomic mass is 35.5. The minimum absolute atomic E-state index is 0.372. The van der Waals surface area contributed by atoms with Crippen LogP contribution in [0.2, 0.25) is 0 Å². The van der Waals surface area contributed by atoms with Crippen LogP contribution in [-0.4, -0.2) is 11.5 Å². The second-order valence-corrected chi connectivity index (χ2v) is 3.62. The predicted octanol–water partition coefficient (Wildman–Crippen LogP) is 2.99. The molecule has 0 heterocycles. The number of ether oxygens (including phenoxy) is 1. The summed E-state index contributed by atoms with van der Waals surface area (Å²) in [7, 11) is 0. The first-order valence-corrected chi connectivity index (χ1v) is 5.01. The Morgan fingerprint density at radius 3 is 2.86 bits per heavy atom. The maximum atomic E-state index is 11.4. The lowest BCUT2D eigenvalue weighted by atomic mass is 10.1. The molecule has 0 spiro atoms. The first-order valence-electron chi connectivity index (χ1n) is 4.57. The monoisotopic (exact) mass is 212 g/mol. The molecular weight excluding hydrogens is 200 g/mol. The zero-order valence-corrected chi connectivity index (χ0v) is 9.04. The number of carbonyl (C=O) groups excluding carboxylic acids is 1. The molecule has 0 aliphatic heterocycles. The summed E-state index contributed by atoms with van der Waals surface area (Å²) >= 11 is 5.55. The Bertz CT molecular complexity index is 321. The zero-order valence-electron chi connectivity index (χ0n) is 8.29. The van der Waals surface area contributed by atoms with E-state index < -0.39 is 5.56 Å². The van der Waals surface area contributed by atoms with Gasteiger partial charge in [0.05, 0.1) is 5.56 Å². The molecule has 1 unspecified atom stereocenters. The fraction of sp³-hybridized carbons (Fsp3) is 0.364. The molecule has 3 heteroatoms. The van der Waals surface area contributed by atoms with Gasteiger partial charge >= 0.3 is 5.97 Å². The summed E-state index contributed by atoms with van der Waals surface area (Å²) in [6, 6.07) is 7.36. The van der Waals surface area contributed by atoms with Gasteiger partial charge in [0.25, 0.3) is 0 Å². The third-order valence-electron chi connectivity index (χ3n) is 1.84. The molecule has 0 saturated carbocycles. The van der Waals surface area contributed by atoms with E-state index in [0.29, 0.717) is 5.56 Å². The largest absolute Gasteiger partial charge is 0.443 e. The molecule has 1 atom stereocenters. The van der Waals surface area contributed by atoms with Gasteiger partial charge in [-0.2, -0.15) is 0 Å². The maximum absolute atomic E-state index is 11.4. The van der Waals surface area contributed by atoms with Crippen molar-refractivity contribution >= 4 is 17.6 Å². The number of carbonyl (C=O) groups is 1. The van der Waals surface area contributed by atoms with E-state index in [1.807, 2.05) is 25.1 Å². The summed E-state index contributed by atoms with van der Waals surface area (Å²) in [4.78, 5) is 11.4. The third kappa shape index (κ3) is 3.04. The van der Waals surface area contributed by atoms with E-state index >= 15 is 0 Å². The fourth-order valence-electron chi connectivity index (χ4n) is 1.13. The van der Waals surface area contributed by atoms with Crippen molar-refractivity contribution in [3.05, 3.63) is 35.4 Å². The van der Waals surface area contributed by atoms with Crippen LogP contribution in [0.3, 0.4) is 0 Å². The molecule has 0 N–H and O–H groups in total. The van der Waals surface area contributed by atoms with E-state index in [-0.39, 0.29) is 5.97 Å². The van der Waals surface area contributed by atoms with Gasteiger partial charge in [-0.1, -0.05) is 30.7 Å². The first-order chi connectivity index (χ1) is 6.63. The van der Waals surface area contributed by atoms with E-state index in [2.05, 4.69) is 0 Å². The summed E-state index contributed by atoms with van der Waals surface area (Å²) in [6.45, 7) is 3.65. The fourth-order valence-corrected chi connectivity index (χ4v) is 1.21. The lowest BCUT2D eigenvalue weighted by Crippen LogP contribution is -2.09. The van der Waals surface area contributed by atoms with Gasteiger partial charge in [-0.25, -0.2) is 4.79 Å². The molecule has 0 aliphatic rings. The van der Waals surface area contributed by atoms with Crippen LogP contribution < -0.4 is 0 Å². The van der Waals surface area contributed by atoms with Crippen LogP contribution in [0.1, 0.15) is 29.8 Å². The molecule has 1 aromatic carbocycles. The molecular formula is C11H13ClO2. The molecule has 0 bridgehead atoms. The molecule has 1 aromatic rings.